The lowest BCUT2D eigenvalue weighted by Crippen LogP contribution is -2.30. The van der Waals surface area contributed by atoms with E-state index >= 15 is 0 Å². The summed E-state index contributed by atoms with van der Waals surface area (Å²) < 4.78 is 0. The van der Waals surface area contributed by atoms with Crippen molar-refractivity contribution >= 4 is 17.2 Å². The Morgan fingerprint density at radius 1 is 1.46 bits per heavy atom. The first-order chi connectivity index (χ1) is 5.81. The van der Waals surface area contributed by atoms with Gasteiger partial charge in [0.25, 0.3) is 0 Å². The highest BCUT2D eigenvalue weighted by molar-refractivity contribution is 7.80. The fourth-order valence-electron chi connectivity index (χ4n) is 0.877. The maximum absolute atomic E-state index is 9.47. The highest BCUT2D eigenvalue weighted by Gasteiger charge is 2.12. The summed E-state index contributed by atoms with van der Waals surface area (Å²) in [7, 11) is 2.00. The molecule has 0 atom stereocenters. The van der Waals surface area contributed by atoms with Crippen LogP contribution < -0.4 is 5.73 Å². The summed E-state index contributed by atoms with van der Waals surface area (Å²) in [4.78, 5) is 2.67. The Balaban J connectivity index is 3.52. The number of nitrogens with zero attached hydrogens (tertiary/aromatic N) is 1. The van der Waals surface area contributed by atoms with E-state index in [0.29, 0.717) is 4.99 Å². The SMILES string of the molecule is CN(CCC(N)=S)CCC(C)(C)O. The van der Waals surface area contributed by atoms with E-state index in [-0.39, 0.29) is 0 Å². The molecule has 3 nitrogen and oxygen atoms in total. The minimum absolute atomic E-state index is 0.551. The van der Waals surface area contributed by atoms with E-state index in [1.165, 1.54) is 0 Å². The second-order valence-electron chi connectivity index (χ2n) is 4.08. The van der Waals surface area contributed by atoms with E-state index in [4.69, 9.17) is 18.0 Å². The molecule has 0 aliphatic rings. The number of rotatable bonds is 6. The lowest BCUT2D eigenvalue weighted by molar-refractivity contribution is 0.0610. The molecule has 0 aliphatic carbocycles. The van der Waals surface area contributed by atoms with Crippen LogP contribution in [0.2, 0.25) is 0 Å². The largest absolute Gasteiger partial charge is 0.393 e. The van der Waals surface area contributed by atoms with Crippen molar-refractivity contribution in [3.63, 3.8) is 0 Å². The zero-order chi connectivity index (χ0) is 10.5. The van der Waals surface area contributed by atoms with Crippen LogP contribution in [-0.2, 0) is 0 Å². The third-order valence-electron chi connectivity index (χ3n) is 1.85. The van der Waals surface area contributed by atoms with E-state index in [2.05, 4.69) is 4.90 Å². The summed E-state index contributed by atoms with van der Waals surface area (Å²) in [5, 5.41) is 9.47. The van der Waals surface area contributed by atoms with Crippen LogP contribution in [0.5, 0.6) is 0 Å². The predicted octanol–water partition coefficient (Wildman–Crippen LogP) is 0.755. The van der Waals surface area contributed by atoms with Crippen LogP contribution in [0, 0.1) is 0 Å². The van der Waals surface area contributed by atoms with Crippen molar-refractivity contribution in [3.8, 4) is 0 Å². The molecule has 0 saturated heterocycles. The molecule has 0 radical (unpaired) electrons. The summed E-state index contributed by atoms with van der Waals surface area (Å²) in [5.74, 6) is 0. The summed E-state index contributed by atoms with van der Waals surface area (Å²) in [6.45, 7) is 5.36. The third kappa shape index (κ3) is 9.73. The third-order valence-corrected chi connectivity index (χ3v) is 2.05. The van der Waals surface area contributed by atoms with Gasteiger partial charge in [-0.05, 0) is 27.3 Å². The fraction of sp³-hybridized carbons (Fsp3) is 0.889. The van der Waals surface area contributed by atoms with Crippen LogP contribution in [-0.4, -0.2) is 40.7 Å². The van der Waals surface area contributed by atoms with Gasteiger partial charge in [-0.3, -0.25) is 0 Å². The Kier molecular flexibility index (Phi) is 5.44. The van der Waals surface area contributed by atoms with Gasteiger partial charge in [-0.15, -0.1) is 0 Å². The first kappa shape index (κ1) is 12.8. The molecule has 0 aromatic carbocycles. The van der Waals surface area contributed by atoms with Gasteiger partial charge in [0.05, 0.1) is 10.6 Å². The molecule has 0 aromatic rings. The maximum Gasteiger partial charge on any atom is 0.0740 e. The van der Waals surface area contributed by atoms with Gasteiger partial charge in [0.1, 0.15) is 0 Å². The molecule has 0 amide bonds. The molecule has 0 bridgehead atoms. The first-order valence-corrected chi connectivity index (χ1v) is 4.91. The van der Waals surface area contributed by atoms with Gasteiger partial charge < -0.3 is 15.7 Å². The molecule has 0 saturated carbocycles. The van der Waals surface area contributed by atoms with Crippen molar-refractivity contribution in [2.24, 2.45) is 5.73 Å². The zero-order valence-corrected chi connectivity index (χ0v) is 9.52. The predicted molar refractivity (Wildman–Crippen MR) is 59.8 cm³/mol. The summed E-state index contributed by atoms with van der Waals surface area (Å²) in [6, 6.07) is 0. The summed E-state index contributed by atoms with van der Waals surface area (Å²) >= 11 is 4.77. The highest BCUT2D eigenvalue weighted by Crippen LogP contribution is 2.07. The molecular formula is C9H20N2OS. The minimum atomic E-state index is -0.586. The van der Waals surface area contributed by atoms with E-state index in [1.807, 2.05) is 20.9 Å². The van der Waals surface area contributed by atoms with Gasteiger partial charge in [0.2, 0.25) is 0 Å². The molecule has 0 aromatic heterocycles. The van der Waals surface area contributed by atoms with E-state index in [1.54, 1.807) is 0 Å². The number of hydrogen-bond donors (Lipinski definition) is 2. The number of aliphatic hydroxyl groups is 1. The smallest absolute Gasteiger partial charge is 0.0740 e. The van der Waals surface area contributed by atoms with Gasteiger partial charge in [0, 0.05) is 19.5 Å². The first-order valence-electron chi connectivity index (χ1n) is 4.50. The van der Waals surface area contributed by atoms with E-state index in [9.17, 15) is 5.11 Å². The van der Waals surface area contributed by atoms with Gasteiger partial charge in [-0.2, -0.15) is 0 Å². The van der Waals surface area contributed by atoms with Crippen molar-refractivity contribution < 1.29 is 5.11 Å². The molecular weight excluding hydrogens is 184 g/mol. The van der Waals surface area contributed by atoms with Crippen LogP contribution in [0.25, 0.3) is 0 Å². The quantitative estimate of drug-likeness (QED) is 0.627. The van der Waals surface area contributed by atoms with Crippen LogP contribution in [0.4, 0.5) is 0 Å². The average Bonchev–Trinajstić information content (AvgIpc) is 1.95. The lowest BCUT2D eigenvalue weighted by atomic mass is 10.1. The second-order valence-corrected chi connectivity index (χ2v) is 4.61. The molecule has 78 valence electrons. The zero-order valence-electron chi connectivity index (χ0n) is 8.71. The fourth-order valence-corrected chi connectivity index (χ4v) is 0.969. The highest BCUT2D eigenvalue weighted by atomic mass is 32.1. The normalized spacial score (nSPS) is 12.1. The molecule has 0 rings (SSSR count). The van der Waals surface area contributed by atoms with E-state index in [0.717, 1.165) is 25.9 Å². The molecule has 0 fully saturated rings. The second kappa shape index (κ2) is 5.52. The van der Waals surface area contributed by atoms with Crippen LogP contribution in [0.15, 0.2) is 0 Å². The monoisotopic (exact) mass is 204 g/mol. The van der Waals surface area contributed by atoms with Crippen molar-refractivity contribution in [3.05, 3.63) is 0 Å². The Morgan fingerprint density at radius 3 is 2.38 bits per heavy atom. The van der Waals surface area contributed by atoms with Gasteiger partial charge in [-0.1, -0.05) is 12.2 Å². The van der Waals surface area contributed by atoms with Gasteiger partial charge >= 0.3 is 0 Å². The number of hydrogen-bond acceptors (Lipinski definition) is 3. The molecule has 0 unspecified atom stereocenters. The van der Waals surface area contributed by atoms with E-state index < -0.39 is 5.60 Å². The molecule has 0 aliphatic heterocycles. The summed E-state index contributed by atoms with van der Waals surface area (Å²) in [6.07, 6.45) is 1.51. The van der Waals surface area contributed by atoms with Crippen molar-refractivity contribution in [2.45, 2.75) is 32.3 Å². The van der Waals surface area contributed by atoms with Gasteiger partial charge in [-0.25, -0.2) is 0 Å². The van der Waals surface area contributed by atoms with Crippen LogP contribution >= 0.6 is 12.2 Å². The average molecular weight is 204 g/mol. The van der Waals surface area contributed by atoms with Crippen LogP contribution in [0.1, 0.15) is 26.7 Å². The molecule has 4 heteroatoms. The lowest BCUT2D eigenvalue weighted by Gasteiger charge is -2.22. The standard InChI is InChI=1S/C9H20N2OS/c1-9(2,12)5-7-11(3)6-4-8(10)13/h12H,4-7H2,1-3H3,(H2,10,13). The summed E-state index contributed by atoms with van der Waals surface area (Å²) in [5.41, 5.74) is 4.79. The Hall–Kier alpha value is -0.190. The van der Waals surface area contributed by atoms with Crippen molar-refractivity contribution in [1.29, 1.82) is 0 Å². The topological polar surface area (TPSA) is 49.5 Å². The van der Waals surface area contributed by atoms with Crippen LogP contribution in [0.3, 0.4) is 0 Å². The van der Waals surface area contributed by atoms with Crippen molar-refractivity contribution in [2.75, 3.05) is 20.1 Å². The minimum Gasteiger partial charge on any atom is -0.393 e. The molecule has 3 N–H and O–H groups in total. The Labute approximate surface area is 85.9 Å². The number of thiocarbonyl (C=S) groups is 1. The Morgan fingerprint density at radius 2 is 2.00 bits per heavy atom. The Bertz CT molecular complexity index is 165. The molecule has 0 heterocycles. The molecule has 13 heavy (non-hydrogen) atoms. The van der Waals surface area contributed by atoms with Gasteiger partial charge in [0.15, 0.2) is 0 Å². The molecule has 0 spiro atoms. The van der Waals surface area contributed by atoms with Crippen molar-refractivity contribution in [1.82, 2.24) is 4.90 Å². The number of nitrogens with two attached hydrogens (primary N) is 1. The maximum atomic E-state index is 9.47.